The van der Waals surface area contributed by atoms with Gasteiger partial charge in [-0.3, -0.25) is 24.0 Å². The van der Waals surface area contributed by atoms with E-state index in [9.17, 15) is 28.1 Å². The number of benzene rings is 4. The first-order chi connectivity index (χ1) is 24.1. The maximum Gasteiger partial charge on any atom is 0.273 e. The molecule has 0 bridgehead atoms. The van der Waals surface area contributed by atoms with Gasteiger partial charge in [-0.05, 0) is 54.8 Å². The smallest absolute Gasteiger partial charge is 0.273 e. The highest BCUT2D eigenvalue weighted by Crippen LogP contribution is 2.36. The Morgan fingerprint density at radius 2 is 1.61 bits per heavy atom. The van der Waals surface area contributed by atoms with Gasteiger partial charge >= 0.3 is 0 Å². The molecule has 1 N–H and O–H groups in total. The van der Waals surface area contributed by atoms with Crippen LogP contribution in [-0.4, -0.2) is 56.3 Å². The van der Waals surface area contributed by atoms with E-state index in [1.165, 1.54) is 49.3 Å². The van der Waals surface area contributed by atoms with Crippen molar-refractivity contribution in [1.29, 1.82) is 0 Å². The topological polar surface area (TPSA) is 139 Å². The lowest BCUT2D eigenvalue weighted by molar-refractivity contribution is -0.385. The average molecular weight is 776 g/mol. The Morgan fingerprint density at radius 1 is 0.941 bits per heavy atom. The number of amides is 2. The maximum atomic E-state index is 14.8. The van der Waals surface area contributed by atoms with E-state index in [1.807, 2.05) is 32.0 Å². The van der Waals surface area contributed by atoms with Crippen LogP contribution in [0.2, 0.25) is 15.1 Å². The van der Waals surface area contributed by atoms with Crippen molar-refractivity contribution in [2.24, 2.45) is 5.92 Å². The van der Waals surface area contributed by atoms with Gasteiger partial charge < -0.3 is 15.0 Å². The molecule has 0 heterocycles. The Kier molecular flexibility index (Phi) is 13.3. The SMILES string of the molecule is COc1ccc(Cl)cc1N(CC(=O)N(Cc1c(Cl)cccc1Cl)[C@H](Cc1ccccc1)C(=O)NCC(C)C)S(=O)(=O)c1ccc(C)c([N+](=O)[O-])c1. The molecule has 4 aromatic rings. The van der Waals surface area contributed by atoms with Gasteiger partial charge in [0.05, 0.1) is 22.6 Å². The molecular weight excluding hydrogens is 739 g/mol. The molecule has 1 atom stereocenters. The van der Waals surface area contributed by atoms with E-state index in [-0.39, 0.29) is 51.0 Å². The zero-order valence-corrected chi connectivity index (χ0v) is 31.4. The zero-order chi connectivity index (χ0) is 37.5. The second-order valence-electron chi connectivity index (χ2n) is 12.1. The van der Waals surface area contributed by atoms with E-state index in [1.54, 1.807) is 30.3 Å². The fourth-order valence-electron chi connectivity index (χ4n) is 5.28. The number of methoxy groups -OCH3 is 1. The minimum atomic E-state index is -4.73. The lowest BCUT2D eigenvalue weighted by atomic mass is 10.0. The Labute approximate surface area is 312 Å². The number of nitro benzene ring substituents is 1. The Balaban J connectivity index is 1.92. The maximum absolute atomic E-state index is 14.8. The van der Waals surface area contributed by atoms with Gasteiger partial charge in [0.2, 0.25) is 11.8 Å². The van der Waals surface area contributed by atoms with Crippen molar-refractivity contribution < 1.29 is 27.7 Å². The van der Waals surface area contributed by atoms with Crippen LogP contribution in [0, 0.1) is 23.0 Å². The number of sulfonamides is 1. The van der Waals surface area contributed by atoms with Crippen molar-refractivity contribution in [3.63, 3.8) is 0 Å². The van der Waals surface area contributed by atoms with Crippen LogP contribution in [-0.2, 0) is 32.6 Å². The molecule has 0 unspecified atom stereocenters. The molecule has 0 fully saturated rings. The summed E-state index contributed by atoms with van der Waals surface area (Å²) in [5.74, 6) is -1.15. The number of nitro groups is 1. The average Bonchev–Trinajstić information content (AvgIpc) is 3.09. The van der Waals surface area contributed by atoms with E-state index in [2.05, 4.69) is 5.32 Å². The molecule has 270 valence electrons. The van der Waals surface area contributed by atoms with Crippen LogP contribution in [0.4, 0.5) is 11.4 Å². The van der Waals surface area contributed by atoms with E-state index < -0.39 is 49.9 Å². The number of aryl methyl sites for hydroxylation is 1. The fourth-order valence-corrected chi connectivity index (χ4v) is 7.40. The number of hydrogen-bond donors (Lipinski definition) is 1. The fraction of sp³-hybridized carbons (Fsp3) is 0.278. The monoisotopic (exact) mass is 774 g/mol. The molecule has 11 nitrogen and oxygen atoms in total. The summed E-state index contributed by atoms with van der Waals surface area (Å²) < 4.78 is 35.3. The van der Waals surface area contributed by atoms with E-state index in [4.69, 9.17) is 39.5 Å². The van der Waals surface area contributed by atoms with Gasteiger partial charge in [-0.1, -0.05) is 91.1 Å². The Bertz CT molecular complexity index is 1990. The predicted octanol–water partition coefficient (Wildman–Crippen LogP) is 7.48. The van der Waals surface area contributed by atoms with E-state index >= 15 is 0 Å². The number of nitrogens with one attached hydrogen (secondary N) is 1. The molecule has 0 aromatic heterocycles. The molecule has 0 saturated heterocycles. The number of rotatable bonds is 15. The molecular formula is C36H37Cl3N4O7S. The van der Waals surface area contributed by atoms with Crippen LogP contribution in [0.15, 0.2) is 89.8 Å². The summed E-state index contributed by atoms with van der Waals surface area (Å²) in [6, 6.07) is 20.4. The van der Waals surface area contributed by atoms with Crippen LogP contribution in [0.25, 0.3) is 0 Å². The van der Waals surface area contributed by atoms with Crippen molar-refractivity contribution in [1.82, 2.24) is 10.2 Å². The summed E-state index contributed by atoms with van der Waals surface area (Å²) in [6.45, 7) is 4.51. The van der Waals surface area contributed by atoms with Gasteiger partial charge in [-0.2, -0.15) is 0 Å². The first kappa shape index (κ1) is 39.4. The number of halogens is 3. The summed E-state index contributed by atoms with van der Waals surface area (Å²) in [5.41, 5.74) is 0.771. The Morgan fingerprint density at radius 3 is 2.22 bits per heavy atom. The second kappa shape index (κ2) is 17.2. The van der Waals surface area contributed by atoms with Crippen molar-refractivity contribution in [2.45, 2.75) is 44.7 Å². The summed E-state index contributed by atoms with van der Waals surface area (Å²) >= 11 is 19.5. The molecule has 0 spiro atoms. The molecule has 4 rings (SSSR count). The molecule has 0 saturated carbocycles. The number of anilines is 1. The third-order valence-corrected chi connectivity index (χ3v) is 10.7. The van der Waals surface area contributed by atoms with Crippen LogP contribution in [0.3, 0.4) is 0 Å². The summed E-state index contributed by atoms with van der Waals surface area (Å²) in [4.78, 5) is 40.7. The van der Waals surface area contributed by atoms with Gasteiger partial charge in [0.15, 0.2) is 0 Å². The van der Waals surface area contributed by atoms with Gasteiger partial charge in [-0.15, -0.1) is 0 Å². The molecule has 0 radical (unpaired) electrons. The zero-order valence-electron chi connectivity index (χ0n) is 28.3. The number of hydrogen-bond acceptors (Lipinski definition) is 7. The molecule has 2 amide bonds. The predicted molar refractivity (Wildman–Crippen MR) is 199 cm³/mol. The molecule has 15 heteroatoms. The minimum Gasteiger partial charge on any atom is -0.495 e. The normalized spacial score (nSPS) is 11.9. The van der Waals surface area contributed by atoms with Gasteiger partial charge in [0, 0.05) is 51.8 Å². The lowest BCUT2D eigenvalue weighted by Crippen LogP contribution is -2.53. The summed E-state index contributed by atoms with van der Waals surface area (Å²) in [5, 5.41) is 15.3. The number of ether oxygens (including phenoxy) is 1. The molecule has 0 aliphatic rings. The third-order valence-electron chi connectivity index (χ3n) is 8.00. The van der Waals surface area contributed by atoms with Gasteiger partial charge in [-0.25, -0.2) is 8.42 Å². The quantitative estimate of drug-likeness (QED) is 0.0976. The van der Waals surface area contributed by atoms with Crippen LogP contribution in [0.5, 0.6) is 5.75 Å². The highest BCUT2D eigenvalue weighted by Gasteiger charge is 2.37. The highest BCUT2D eigenvalue weighted by atomic mass is 35.5. The minimum absolute atomic E-state index is 0.0496. The van der Waals surface area contributed by atoms with E-state index in [0.29, 0.717) is 12.1 Å². The molecule has 0 aliphatic heterocycles. The number of carbonyl (C=O) groups is 2. The number of carbonyl (C=O) groups excluding carboxylic acids is 2. The standard InChI is InChI=1S/C36H37Cl3N4O7S/c1-23(2)20-40-36(45)33(17-25-9-6-5-7-10-25)41(21-28-29(38)11-8-12-30(28)39)35(44)22-42(32-18-26(37)14-16-34(32)50-4)51(48,49)27-15-13-24(3)31(19-27)43(46)47/h5-16,18-19,23,33H,17,20-22H2,1-4H3,(H,40,45)/t33-/m1/s1. The highest BCUT2D eigenvalue weighted by molar-refractivity contribution is 7.92. The van der Waals surface area contributed by atoms with Gasteiger partial charge in [0.25, 0.3) is 15.7 Å². The van der Waals surface area contributed by atoms with Crippen molar-refractivity contribution >= 4 is 68.0 Å². The molecule has 0 aliphatic carbocycles. The van der Waals surface area contributed by atoms with Gasteiger partial charge in [0.1, 0.15) is 18.3 Å². The largest absolute Gasteiger partial charge is 0.495 e. The second-order valence-corrected chi connectivity index (χ2v) is 15.2. The summed E-state index contributed by atoms with van der Waals surface area (Å²) in [6.07, 6.45) is 0.0654. The lowest BCUT2D eigenvalue weighted by Gasteiger charge is -2.34. The summed E-state index contributed by atoms with van der Waals surface area (Å²) in [7, 11) is -3.41. The molecule has 4 aromatic carbocycles. The Hall–Kier alpha value is -4.36. The molecule has 51 heavy (non-hydrogen) atoms. The first-order valence-corrected chi connectivity index (χ1v) is 18.4. The van der Waals surface area contributed by atoms with Crippen LogP contribution >= 0.6 is 34.8 Å². The first-order valence-electron chi connectivity index (χ1n) is 15.8. The number of nitrogens with zero attached hydrogens (tertiary/aromatic N) is 3. The van der Waals surface area contributed by atoms with Crippen molar-refractivity contribution in [3.05, 3.63) is 127 Å². The van der Waals surface area contributed by atoms with Crippen LogP contribution in [0.1, 0.15) is 30.5 Å². The van der Waals surface area contributed by atoms with Crippen molar-refractivity contribution in [3.8, 4) is 5.75 Å². The third kappa shape index (κ3) is 9.70. The van der Waals surface area contributed by atoms with Crippen molar-refractivity contribution in [2.75, 3.05) is 24.5 Å². The van der Waals surface area contributed by atoms with E-state index in [0.717, 1.165) is 15.9 Å². The van der Waals surface area contributed by atoms with Crippen LogP contribution < -0.4 is 14.4 Å².